The van der Waals surface area contributed by atoms with E-state index in [2.05, 4.69) is 15.5 Å². The van der Waals surface area contributed by atoms with Crippen LogP contribution in [-0.4, -0.2) is 30.8 Å². The Morgan fingerprint density at radius 2 is 1.82 bits per heavy atom. The number of anilines is 1. The lowest BCUT2D eigenvalue weighted by molar-refractivity contribution is -0.113. The summed E-state index contributed by atoms with van der Waals surface area (Å²) in [6.07, 6.45) is 0. The largest absolute Gasteiger partial charge is 0.325 e. The van der Waals surface area contributed by atoms with Crippen LogP contribution < -0.4 is 10.9 Å². The number of benzene rings is 3. The number of carbonyl (C=O) groups excluding carboxylic acids is 1. The minimum Gasteiger partial charge on any atom is -0.325 e. The van der Waals surface area contributed by atoms with Gasteiger partial charge in [0.1, 0.15) is 5.82 Å². The minimum atomic E-state index is -0.426. The molecule has 0 radical (unpaired) electrons. The maximum Gasteiger partial charge on any atom is 0.267 e. The van der Waals surface area contributed by atoms with Gasteiger partial charge in [0.15, 0.2) is 5.16 Å². The Morgan fingerprint density at radius 1 is 1.03 bits per heavy atom. The molecule has 0 aliphatic carbocycles. The lowest BCUT2D eigenvalue weighted by atomic mass is 10.2. The third-order valence-electron chi connectivity index (χ3n) is 5.13. The van der Waals surface area contributed by atoms with E-state index in [-0.39, 0.29) is 17.2 Å². The van der Waals surface area contributed by atoms with Crippen LogP contribution in [0.1, 0.15) is 5.56 Å². The molecule has 1 N–H and O–H groups in total. The first-order valence-electron chi connectivity index (χ1n) is 10.2. The van der Waals surface area contributed by atoms with Gasteiger partial charge in [-0.15, -0.1) is 10.2 Å². The van der Waals surface area contributed by atoms with Crippen molar-refractivity contribution in [2.24, 2.45) is 0 Å². The number of hydrogen-bond acceptors (Lipinski definition) is 5. The molecule has 3 aromatic carbocycles. The number of halogens is 1. The summed E-state index contributed by atoms with van der Waals surface area (Å²) in [5, 5.41) is 12.2. The van der Waals surface area contributed by atoms with Crippen LogP contribution in [0.2, 0.25) is 0 Å². The zero-order valence-electron chi connectivity index (χ0n) is 17.5. The number of nitrogens with one attached hydrogen (secondary N) is 1. The molecule has 0 aliphatic rings. The number of para-hydroxylation sites is 1. The van der Waals surface area contributed by atoms with Crippen molar-refractivity contribution < 1.29 is 9.18 Å². The van der Waals surface area contributed by atoms with Gasteiger partial charge in [0, 0.05) is 5.69 Å². The first kappa shape index (κ1) is 20.9. The van der Waals surface area contributed by atoms with Gasteiger partial charge in [-0.2, -0.15) is 0 Å². The number of carbonyl (C=O) groups is 1. The summed E-state index contributed by atoms with van der Waals surface area (Å²) in [6.45, 7) is 1.98. The summed E-state index contributed by atoms with van der Waals surface area (Å²) in [5.41, 5.74) is 2.58. The molecular formula is C24H18FN5O2S. The van der Waals surface area contributed by atoms with Crippen LogP contribution in [0.5, 0.6) is 0 Å². The second-order valence-corrected chi connectivity index (χ2v) is 8.40. The highest BCUT2D eigenvalue weighted by molar-refractivity contribution is 7.99. The molecule has 0 atom stereocenters. The predicted molar refractivity (Wildman–Crippen MR) is 127 cm³/mol. The smallest absolute Gasteiger partial charge is 0.267 e. The molecule has 5 rings (SSSR count). The van der Waals surface area contributed by atoms with E-state index < -0.39 is 5.82 Å². The molecule has 1 amide bonds. The van der Waals surface area contributed by atoms with Gasteiger partial charge >= 0.3 is 0 Å². The highest BCUT2D eigenvalue weighted by Crippen LogP contribution is 2.23. The van der Waals surface area contributed by atoms with Crippen molar-refractivity contribution >= 4 is 40.0 Å². The number of rotatable bonds is 5. The third kappa shape index (κ3) is 3.98. The fourth-order valence-electron chi connectivity index (χ4n) is 3.59. The van der Waals surface area contributed by atoms with Gasteiger partial charge in [0.05, 0.1) is 22.3 Å². The number of hydrogen-bond donors (Lipinski definition) is 1. The summed E-state index contributed by atoms with van der Waals surface area (Å²) in [4.78, 5) is 25.7. The van der Waals surface area contributed by atoms with Crippen molar-refractivity contribution in [2.75, 3.05) is 11.1 Å². The van der Waals surface area contributed by atoms with E-state index in [0.717, 1.165) is 5.56 Å². The second-order valence-electron chi connectivity index (χ2n) is 7.46. The van der Waals surface area contributed by atoms with E-state index in [1.54, 1.807) is 22.6 Å². The van der Waals surface area contributed by atoms with Crippen molar-refractivity contribution in [3.05, 3.63) is 94.5 Å². The van der Waals surface area contributed by atoms with Crippen LogP contribution in [0, 0.1) is 12.7 Å². The zero-order chi connectivity index (χ0) is 22.9. The quantitative estimate of drug-likeness (QED) is 0.398. The summed E-state index contributed by atoms with van der Waals surface area (Å²) in [6, 6.07) is 20.5. The summed E-state index contributed by atoms with van der Waals surface area (Å²) in [7, 11) is 0. The highest BCUT2D eigenvalue weighted by atomic mass is 32.2. The summed E-state index contributed by atoms with van der Waals surface area (Å²) in [5.74, 6) is -0.339. The Kier molecular flexibility index (Phi) is 5.39. The van der Waals surface area contributed by atoms with E-state index in [4.69, 9.17) is 0 Å². The number of fused-ring (bicyclic) bond motifs is 3. The molecule has 0 saturated heterocycles. The van der Waals surface area contributed by atoms with E-state index in [9.17, 15) is 14.0 Å². The molecule has 0 fully saturated rings. The van der Waals surface area contributed by atoms with Gasteiger partial charge in [-0.05, 0) is 49.4 Å². The van der Waals surface area contributed by atoms with Crippen LogP contribution >= 0.6 is 11.8 Å². The number of thioether (sulfide) groups is 1. The molecule has 0 unspecified atom stereocenters. The molecule has 5 aromatic rings. The Morgan fingerprint density at radius 3 is 2.61 bits per heavy atom. The third-order valence-corrected chi connectivity index (χ3v) is 6.06. The molecular weight excluding hydrogens is 441 g/mol. The number of nitrogens with zero attached hydrogens (tertiary/aromatic N) is 4. The van der Waals surface area contributed by atoms with Crippen LogP contribution in [0.15, 0.2) is 82.7 Å². The SMILES string of the molecule is Cc1ccc(-n2c(=O)c3ccccc3n3c(SCC(=O)Nc4cccc(F)c4)nnc23)cc1. The Balaban J connectivity index is 1.55. The van der Waals surface area contributed by atoms with E-state index >= 15 is 0 Å². The van der Waals surface area contributed by atoms with Gasteiger partial charge in [-0.1, -0.05) is 47.7 Å². The molecule has 2 aromatic heterocycles. The van der Waals surface area contributed by atoms with Crippen molar-refractivity contribution in [3.63, 3.8) is 0 Å². The number of amides is 1. The van der Waals surface area contributed by atoms with Gasteiger partial charge in [0.25, 0.3) is 5.56 Å². The first-order valence-corrected chi connectivity index (χ1v) is 11.1. The van der Waals surface area contributed by atoms with Gasteiger partial charge < -0.3 is 5.32 Å². The Labute approximate surface area is 191 Å². The van der Waals surface area contributed by atoms with Crippen LogP contribution in [0.3, 0.4) is 0 Å². The van der Waals surface area contributed by atoms with Crippen molar-refractivity contribution in [2.45, 2.75) is 12.1 Å². The maximum absolute atomic E-state index is 13.4. The van der Waals surface area contributed by atoms with Gasteiger partial charge in [0.2, 0.25) is 11.7 Å². The number of aryl methyl sites for hydroxylation is 1. The monoisotopic (exact) mass is 459 g/mol. The summed E-state index contributed by atoms with van der Waals surface area (Å²) < 4.78 is 16.7. The maximum atomic E-state index is 13.4. The van der Waals surface area contributed by atoms with Gasteiger partial charge in [-0.25, -0.2) is 8.96 Å². The van der Waals surface area contributed by atoms with Gasteiger partial charge in [-0.3, -0.25) is 14.0 Å². The lowest BCUT2D eigenvalue weighted by Crippen LogP contribution is -2.22. The van der Waals surface area contributed by atoms with E-state index in [1.807, 2.05) is 43.3 Å². The van der Waals surface area contributed by atoms with Crippen molar-refractivity contribution in [1.82, 2.24) is 19.2 Å². The molecule has 0 spiro atoms. The highest BCUT2D eigenvalue weighted by Gasteiger charge is 2.18. The molecule has 0 aliphatic heterocycles. The standard InChI is InChI=1S/C24H18FN5O2S/c1-15-9-11-18(12-10-15)29-22(32)19-7-2-3-8-20(19)30-23(29)27-28-24(30)33-14-21(31)26-17-6-4-5-16(25)13-17/h2-13H,14H2,1H3,(H,26,31). The van der Waals surface area contributed by atoms with Crippen LogP contribution in [-0.2, 0) is 4.79 Å². The first-order chi connectivity index (χ1) is 16.0. The molecule has 9 heteroatoms. The fraction of sp³-hybridized carbons (Fsp3) is 0.0833. The van der Waals surface area contributed by atoms with E-state index in [1.165, 1.54) is 34.5 Å². The zero-order valence-corrected chi connectivity index (χ0v) is 18.3. The van der Waals surface area contributed by atoms with Crippen LogP contribution in [0.4, 0.5) is 10.1 Å². The molecule has 2 heterocycles. The predicted octanol–water partition coefficient (Wildman–Crippen LogP) is 4.21. The molecule has 33 heavy (non-hydrogen) atoms. The lowest BCUT2D eigenvalue weighted by Gasteiger charge is -2.11. The molecule has 7 nitrogen and oxygen atoms in total. The molecule has 0 saturated carbocycles. The number of aromatic nitrogens is 4. The minimum absolute atomic E-state index is 0.0370. The normalized spacial score (nSPS) is 11.2. The van der Waals surface area contributed by atoms with Crippen LogP contribution in [0.25, 0.3) is 22.4 Å². The van der Waals surface area contributed by atoms with Crippen molar-refractivity contribution in [3.8, 4) is 5.69 Å². The fourth-order valence-corrected chi connectivity index (χ4v) is 4.33. The topological polar surface area (TPSA) is 81.3 Å². The van der Waals surface area contributed by atoms with E-state index in [0.29, 0.717) is 33.2 Å². The van der Waals surface area contributed by atoms with Crippen molar-refractivity contribution in [1.29, 1.82) is 0 Å². The molecule has 164 valence electrons. The Hall–Kier alpha value is -3.98. The average Bonchev–Trinajstić information content (AvgIpc) is 3.23. The average molecular weight is 460 g/mol. The summed E-state index contributed by atoms with van der Waals surface area (Å²) >= 11 is 1.18. The Bertz CT molecular complexity index is 1560. The molecule has 0 bridgehead atoms. The second kappa shape index (κ2) is 8.51.